The zero-order valence-electron chi connectivity index (χ0n) is 8.73. The largest absolute Gasteiger partial charge is 0.385 e. The van der Waals surface area contributed by atoms with E-state index in [0.29, 0.717) is 0 Å². The highest BCUT2D eigenvalue weighted by Crippen LogP contribution is 2.06. The van der Waals surface area contributed by atoms with Gasteiger partial charge in [0.05, 0.1) is 0 Å². The van der Waals surface area contributed by atoms with Crippen LogP contribution in [0, 0.1) is 5.92 Å². The maximum absolute atomic E-state index is 4.99. The van der Waals surface area contributed by atoms with Crippen LogP contribution in [0.5, 0.6) is 0 Å². The number of ether oxygens (including phenoxy) is 1. The van der Waals surface area contributed by atoms with Gasteiger partial charge >= 0.3 is 0 Å². The maximum atomic E-state index is 4.99. The molecule has 0 aliphatic heterocycles. The molecule has 0 spiro atoms. The lowest BCUT2D eigenvalue weighted by Gasteiger charge is -2.10. The molecule has 0 saturated heterocycles. The van der Waals surface area contributed by atoms with Crippen LogP contribution in [0.15, 0.2) is 0 Å². The van der Waals surface area contributed by atoms with Crippen molar-refractivity contribution in [3.05, 3.63) is 0 Å². The van der Waals surface area contributed by atoms with Crippen LogP contribution in [0.1, 0.15) is 33.1 Å². The smallest absolute Gasteiger partial charge is 0.0462 e. The molecule has 2 nitrogen and oxygen atoms in total. The number of methoxy groups -OCH3 is 1. The summed E-state index contributed by atoms with van der Waals surface area (Å²) in [7, 11) is 1.77. The third-order valence-corrected chi connectivity index (χ3v) is 2.04. The summed E-state index contributed by atoms with van der Waals surface area (Å²) in [5.74, 6) is 0.807. The second-order valence-corrected chi connectivity index (χ2v) is 3.40. The molecule has 0 fully saturated rings. The van der Waals surface area contributed by atoms with Gasteiger partial charge in [0.25, 0.3) is 0 Å². The minimum Gasteiger partial charge on any atom is -0.385 e. The average molecular weight is 173 g/mol. The first-order valence-corrected chi connectivity index (χ1v) is 5.00. The van der Waals surface area contributed by atoms with E-state index >= 15 is 0 Å². The fourth-order valence-electron chi connectivity index (χ4n) is 1.23. The maximum Gasteiger partial charge on any atom is 0.0462 e. The van der Waals surface area contributed by atoms with E-state index in [0.717, 1.165) is 25.6 Å². The van der Waals surface area contributed by atoms with E-state index in [9.17, 15) is 0 Å². The SMILES string of the molecule is CCNCC(C)CCCCOC. The number of nitrogens with one attached hydrogen (secondary N) is 1. The third-order valence-electron chi connectivity index (χ3n) is 2.04. The molecule has 1 atom stereocenters. The summed E-state index contributed by atoms with van der Waals surface area (Å²) in [6.45, 7) is 7.60. The van der Waals surface area contributed by atoms with Crippen LogP contribution in [-0.2, 0) is 4.74 Å². The molecule has 74 valence electrons. The van der Waals surface area contributed by atoms with E-state index in [2.05, 4.69) is 19.2 Å². The first-order chi connectivity index (χ1) is 5.81. The van der Waals surface area contributed by atoms with Crippen molar-refractivity contribution in [3.8, 4) is 0 Å². The lowest BCUT2D eigenvalue weighted by atomic mass is 10.0. The van der Waals surface area contributed by atoms with Gasteiger partial charge in [-0.05, 0) is 31.8 Å². The fourth-order valence-corrected chi connectivity index (χ4v) is 1.23. The number of hydrogen-bond donors (Lipinski definition) is 1. The zero-order chi connectivity index (χ0) is 9.23. The van der Waals surface area contributed by atoms with Crippen molar-refractivity contribution in [2.24, 2.45) is 5.92 Å². The Balaban J connectivity index is 3.02. The molecule has 1 unspecified atom stereocenters. The Morgan fingerprint density at radius 2 is 2.08 bits per heavy atom. The van der Waals surface area contributed by atoms with E-state index in [1.54, 1.807) is 7.11 Å². The standard InChI is InChI=1S/C10H23NO/c1-4-11-9-10(2)7-5-6-8-12-3/h10-11H,4-9H2,1-3H3. The zero-order valence-corrected chi connectivity index (χ0v) is 8.73. The van der Waals surface area contributed by atoms with E-state index in [-0.39, 0.29) is 0 Å². The molecule has 0 saturated carbocycles. The number of unbranched alkanes of at least 4 members (excludes halogenated alkanes) is 1. The van der Waals surface area contributed by atoms with Crippen molar-refractivity contribution in [3.63, 3.8) is 0 Å². The van der Waals surface area contributed by atoms with Gasteiger partial charge in [-0.3, -0.25) is 0 Å². The lowest BCUT2D eigenvalue weighted by molar-refractivity contribution is 0.190. The summed E-state index contributed by atoms with van der Waals surface area (Å²) in [5.41, 5.74) is 0. The Hall–Kier alpha value is -0.0800. The summed E-state index contributed by atoms with van der Waals surface area (Å²) in [6.07, 6.45) is 3.81. The minimum atomic E-state index is 0.807. The molecule has 0 amide bonds. The second-order valence-electron chi connectivity index (χ2n) is 3.40. The Morgan fingerprint density at radius 1 is 1.33 bits per heavy atom. The minimum absolute atomic E-state index is 0.807. The predicted molar refractivity (Wildman–Crippen MR) is 53.4 cm³/mol. The number of hydrogen-bond acceptors (Lipinski definition) is 2. The summed E-state index contributed by atoms with van der Waals surface area (Å²) in [5, 5.41) is 3.36. The first kappa shape index (κ1) is 11.9. The van der Waals surface area contributed by atoms with Gasteiger partial charge in [-0.15, -0.1) is 0 Å². The van der Waals surface area contributed by atoms with Gasteiger partial charge in [-0.2, -0.15) is 0 Å². The summed E-state index contributed by atoms with van der Waals surface area (Å²) >= 11 is 0. The van der Waals surface area contributed by atoms with Crippen molar-refractivity contribution in [2.45, 2.75) is 33.1 Å². The van der Waals surface area contributed by atoms with Crippen LogP contribution in [-0.4, -0.2) is 26.8 Å². The Kier molecular flexibility index (Phi) is 8.95. The molecular weight excluding hydrogens is 150 g/mol. The monoisotopic (exact) mass is 173 g/mol. The van der Waals surface area contributed by atoms with E-state index in [4.69, 9.17) is 4.74 Å². The third kappa shape index (κ3) is 8.02. The first-order valence-electron chi connectivity index (χ1n) is 5.00. The topological polar surface area (TPSA) is 21.3 Å². The molecule has 1 N–H and O–H groups in total. The molecule has 0 aliphatic rings. The highest BCUT2D eigenvalue weighted by atomic mass is 16.5. The second kappa shape index (κ2) is 9.01. The quantitative estimate of drug-likeness (QED) is 0.567. The van der Waals surface area contributed by atoms with Crippen LogP contribution in [0.25, 0.3) is 0 Å². The Labute approximate surface area is 76.7 Å². The van der Waals surface area contributed by atoms with Gasteiger partial charge in [0, 0.05) is 13.7 Å². The van der Waals surface area contributed by atoms with Crippen molar-refractivity contribution < 1.29 is 4.74 Å². The van der Waals surface area contributed by atoms with Crippen molar-refractivity contribution in [1.82, 2.24) is 5.32 Å². The van der Waals surface area contributed by atoms with Crippen molar-refractivity contribution >= 4 is 0 Å². The van der Waals surface area contributed by atoms with Gasteiger partial charge in [0.1, 0.15) is 0 Å². The Morgan fingerprint density at radius 3 is 2.67 bits per heavy atom. The molecule has 0 aromatic carbocycles. The van der Waals surface area contributed by atoms with Crippen LogP contribution in [0.3, 0.4) is 0 Å². The van der Waals surface area contributed by atoms with Gasteiger partial charge in [0.15, 0.2) is 0 Å². The van der Waals surface area contributed by atoms with Crippen LogP contribution in [0.4, 0.5) is 0 Å². The summed E-state index contributed by atoms with van der Waals surface area (Å²) in [4.78, 5) is 0. The highest BCUT2D eigenvalue weighted by Gasteiger charge is 1.99. The molecule has 2 heteroatoms. The summed E-state index contributed by atoms with van der Waals surface area (Å²) in [6, 6.07) is 0. The van der Waals surface area contributed by atoms with Gasteiger partial charge in [-0.1, -0.05) is 20.3 Å². The molecule has 0 bridgehead atoms. The van der Waals surface area contributed by atoms with E-state index < -0.39 is 0 Å². The fraction of sp³-hybridized carbons (Fsp3) is 1.00. The molecule has 0 heterocycles. The molecule has 0 aromatic rings. The van der Waals surface area contributed by atoms with Gasteiger partial charge < -0.3 is 10.1 Å². The van der Waals surface area contributed by atoms with Crippen molar-refractivity contribution in [1.29, 1.82) is 0 Å². The Bertz CT molecular complexity index is 85.9. The summed E-state index contributed by atoms with van der Waals surface area (Å²) < 4.78 is 4.99. The van der Waals surface area contributed by atoms with Crippen LogP contribution in [0.2, 0.25) is 0 Å². The highest BCUT2D eigenvalue weighted by molar-refractivity contribution is 4.56. The molecule has 0 rings (SSSR count). The molecule has 0 aliphatic carbocycles. The van der Waals surface area contributed by atoms with Gasteiger partial charge in [0.2, 0.25) is 0 Å². The molecule has 0 radical (unpaired) electrons. The molecular formula is C10H23NO. The lowest BCUT2D eigenvalue weighted by Crippen LogP contribution is -2.20. The average Bonchev–Trinajstić information content (AvgIpc) is 2.09. The van der Waals surface area contributed by atoms with Crippen molar-refractivity contribution in [2.75, 3.05) is 26.8 Å². The predicted octanol–water partition coefficient (Wildman–Crippen LogP) is 2.05. The van der Waals surface area contributed by atoms with E-state index in [1.165, 1.54) is 19.3 Å². The normalized spacial score (nSPS) is 13.2. The molecule has 12 heavy (non-hydrogen) atoms. The van der Waals surface area contributed by atoms with Crippen LogP contribution < -0.4 is 5.32 Å². The number of rotatable bonds is 8. The van der Waals surface area contributed by atoms with E-state index in [1.807, 2.05) is 0 Å². The van der Waals surface area contributed by atoms with Crippen LogP contribution >= 0.6 is 0 Å². The molecule has 0 aromatic heterocycles. The van der Waals surface area contributed by atoms with Gasteiger partial charge in [-0.25, -0.2) is 0 Å².